The van der Waals surface area contributed by atoms with Crippen LogP contribution in [0.15, 0.2) is 37.0 Å². The smallest absolute Gasteiger partial charge is 0.0723 e. The molecule has 0 amide bonds. The molecule has 1 aromatic heterocycles. The van der Waals surface area contributed by atoms with Crippen molar-refractivity contribution < 1.29 is 0 Å². The van der Waals surface area contributed by atoms with E-state index >= 15 is 0 Å². The van der Waals surface area contributed by atoms with Crippen molar-refractivity contribution in [1.29, 1.82) is 0 Å². The lowest BCUT2D eigenvalue weighted by Gasteiger charge is -2.39. The van der Waals surface area contributed by atoms with Gasteiger partial charge in [-0.05, 0) is 29.7 Å². The van der Waals surface area contributed by atoms with E-state index in [4.69, 9.17) is 0 Å². The third-order valence-electron chi connectivity index (χ3n) is 3.35. The molecular formula is C15H16N2. The highest BCUT2D eigenvalue weighted by Gasteiger charge is 2.22. The van der Waals surface area contributed by atoms with Gasteiger partial charge >= 0.3 is 0 Å². The van der Waals surface area contributed by atoms with E-state index in [1.165, 1.54) is 11.1 Å². The van der Waals surface area contributed by atoms with E-state index < -0.39 is 0 Å². The first kappa shape index (κ1) is 10.3. The molecule has 0 spiro atoms. The van der Waals surface area contributed by atoms with Crippen LogP contribution in [-0.4, -0.2) is 18.1 Å². The lowest BCUT2D eigenvalue weighted by atomic mass is 10.0. The Morgan fingerprint density at radius 3 is 2.88 bits per heavy atom. The fourth-order valence-corrected chi connectivity index (χ4v) is 2.34. The van der Waals surface area contributed by atoms with E-state index in [0.29, 0.717) is 0 Å². The van der Waals surface area contributed by atoms with Crippen molar-refractivity contribution >= 4 is 22.7 Å². The standard InChI is InChI=1S/C15H16N2/c1-3-12-6-13-4-5-14(7-15(13)16-8-12)17-9-11(2)10-17/h3-8,11H,1,9-10H2,2H3. The number of fused-ring (bicyclic) bond motifs is 1. The van der Waals surface area contributed by atoms with Gasteiger partial charge in [-0.2, -0.15) is 0 Å². The lowest BCUT2D eigenvalue weighted by Crippen LogP contribution is -2.45. The predicted molar refractivity (Wildman–Crippen MR) is 73.2 cm³/mol. The third-order valence-corrected chi connectivity index (χ3v) is 3.35. The van der Waals surface area contributed by atoms with Gasteiger partial charge in [0.05, 0.1) is 5.52 Å². The molecule has 1 aliphatic heterocycles. The van der Waals surface area contributed by atoms with Crippen LogP contribution in [0.4, 0.5) is 5.69 Å². The molecule has 0 bridgehead atoms. The van der Waals surface area contributed by atoms with Gasteiger partial charge < -0.3 is 4.90 Å². The van der Waals surface area contributed by atoms with E-state index in [2.05, 4.69) is 47.7 Å². The van der Waals surface area contributed by atoms with Gasteiger partial charge in [0.2, 0.25) is 0 Å². The first-order valence-electron chi connectivity index (χ1n) is 6.03. The first-order valence-corrected chi connectivity index (χ1v) is 6.03. The summed E-state index contributed by atoms with van der Waals surface area (Å²) >= 11 is 0. The second-order valence-electron chi connectivity index (χ2n) is 4.86. The summed E-state index contributed by atoms with van der Waals surface area (Å²) in [4.78, 5) is 6.87. The van der Waals surface area contributed by atoms with Gasteiger partial charge in [-0.15, -0.1) is 0 Å². The van der Waals surface area contributed by atoms with Gasteiger partial charge in [0.25, 0.3) is 0 Å². The van der Waals surface area contributed by atoms with Gasteiger partial charge in [-0.1, -0.05) is 25.6 Å². The monoisotopic (exact) mass is 224 g/mol. The molecule has 2 nitrogen and oxygen atoms in total. The van der Waals surface area contributed by atoms with Crippen molar-refractivity contribution in [2.75, 3.05) is 18.0 Å². The topological polar surface area (TPSA) is 16.1 Å². The Bertz CT molecular complexity index is 568. The van der Waals surface area contributed by atoms with Crippen molar-refractivity contribution in [1.82, 2.24) is 4.98 Å². The van der Waals surface area contributed by atoms with Gasteiger partial charge in [0, 0.05) is 30.4 Å². The second kappa shape index (κ2) is 3.88. The van der Waals surface area contributed by atoms with Crippen molar-refractivity contribution in [3.8, 4) is 0 Å². The number of rotatable bonds is 2. The Balaban J connectivity index is 1.99. The zero-order valence-electron chi connectivity index (χ0n) is 10.1. The maximum atomic E-state index is 4.47. The molecule has 0 N–H and O–H groups in total. The average Bonchev–Trinajstić information content (AvgIpc) is 2.34. The van der Waals surface area contributed by atoms with Crippen LogP contribution in [0.3, 0.4) is 0 Å². The van der Waals surface area contributed by atoms with Crippen LogP contribution in [0.1, 0.15) is 12.5 Å². The van der Waals surface area contributed by atoms with E-state index in [-0.39, 0.29) is 0 Å². The Hall–Kier alpha value is -1.83. The predicted octanol–water partition coefficient (Wildman–Crippen LogP) is 3.33. The molecule has 0 aliphatic carbocycles. The highest BCUT2D eigenvalue weighted by atomic mass is 15.2. The number of hydrogen-bond donors (Lipinski definition) is 0. The van der Waals surface area contributed by atoms with E-state index in [0.717, 1.165) is 30.1 Å². The van der Waals surface area contributed by atoms with Gasteiger partial charge in [-0.3, -0.25) is 4.98 Å². The molecule has 1 aromatic carbocycles. The van der Waals surface area contributed by atoms with Crippen molar-refractivity contribution in [2.24, 2.45) is 5.92 Å². The number of benzene rings is 1. The minimum atomic E-state index is 0.821. The quantitative estimate of drug-likeness (QED) is 0.777. The number of aromatic nitrogens is 1. The molecule has 1 saturated heterocycles. The molecule has 17 heavy (non-hydrogen) atoms. The van der Waals surface area contributed by atoms with Crippen molar-refractivity contribution in [3.63, 3.8) is 0 Å². The number of hydrogen-bond acceptors (Lipinski definition) is 2. The summed E-state index contributed by atoms with van der Waals surface area (Å²) in [6.07, 6.45) is 3.70. The fraction of sp³-hybridized carbons (Fsp3) is 0.267. The summed E-state index contributed by atoms with van der Waals surface area (Å²) in [7, 11) is 0. The van der Waals surface area contributed by atoms with E-state index in [1.807, 2.05) is 12.3 Å². The molecule has 3 rings (SSSR count). The summed E-state index contributed by atoms with van der Waals surface area (Å²) in [6, 6.07) is 8.63. The van der Waals surface area contributed by atoms with Gasteiger partial charge in [-0.25, -0.2) is 0 Å². The Morgan fingerprint density at radius 2 is 2.18 bits per heavy atom. The SMILES string of the molecule is C=Cc1cnc2cc(N3CC(C)C3)ccc2c1. The molecule has 1 aliphatic rings. The number of pyridine rings is 1. The highest BCUT2D eigenvalue weighted by Crippen LogP contribution is 2.27. The number of anilines is 1. The molecule has 2 heteroatoms. The molecule has 2 heterocycles. The first-order chi connectivity index (χ1) is 8.26. The largest absolute Gasteiger partial charge is 0.371 e. The molecule has 1 fully saturated rings. The molecule has 0 atom stereocenters. The fourth-order valence-electron chi connectivity index (χ4n) is 2.34. The van der Waals surface area contributed by atoms with Crippen LogP contribution >= 0.6 is 0 Å². The Kier molecular flexibility index (Phi) is 2.36. The van der Waals surface area contributed by atoms with Gasteiger partial charge in [0.15, 0.2) is 0 Å². The van der Waals surface area contributed by atoms with Crippen LogP contribution in [0, 0.1) is 5.92 Å². The van der Waals surface area contributed by atoms with E-state index in [1.54, 1.807) is 0 Å². The highest BCUT2D eigenvalue weighted by molar-refractivity contribution is 5.84. The Morgan fingerprint density at radius 1 is 1.35 bits per heavy atom. The van der Waals surface area contributed by atoms with Crippen LogP contribution < -0.4 is 4.90 Å². The second-order valence-corrected chi connectivity index (χ2v) is 4.86. The molecular weight excluding hydrogens is 208 g/mol. The summed E-state index contributed by atoms with van der Waals surface area (Å²) in [5, 5.41) is 1.18. The van der Waals surface area contributed by atoms with Crippen LogP contribution in [0.5, 0.6) is 0 Å². The summed E-state index contributed by atoms with van der Waals surface area (Å²) in [5.74, 6) is 0.821. The van der Waals surface area contributed by atoms with Crippen LogP contribution in [-0.2, 0) is 0 Å². The molecule has 0 unspecified atom stereocenters. The summed E-state index contributed by atoms with van der Waals surface area (Å²) in [6.45, 7) is 8.38. The van der Waals surface area contributed by atoms with Crippen LogP contribution in [0.25, 0.3) is 17.0 Å². The molecule has 2 aromatic rings. The third kappa shape index (κ3) is 1.80. The molecule has 86 valence electrons. The summed E-state index contributed by atoms with van der Waals surface area (Å²) in [5.41, 5.74) is 3.42. The van der Waals surface area contributed by atoms with Crippen molar-refractivity contribution in [2.45, 2.75) is 6.92 Å². The minimum absolute atomic E-state index is 0.821. The number of nitrogens with zero attached hydrogens (tertiary/aromatic N) is 2. The maximum absolute atomic E-state index is 4.47. The van der Waals surface area contributed by atoms with Gasteiger partial charge in [0.1, 0.15) is 0 Å². The maximum Gasteiger partial charge on any atom is 0.0723 e. The van der Waals surface area contributed by atoms with Crippen molar-refractivity contribution in [3.05, 3.63) is 42.6 Å². The normalized spacial score (nSPS) is 15.9. The molecule has 0 saturated carbocycles. The summed E-state index contributed by atoms with van der Waals surface area (Å²) < 4.78 is 0. The Labute approximate surface area is 102 Å². The average molecular weight is 224 g/mol. The minimum Gasteiger partial charge on any atom is -0.371 e. The molecule has 0 radical (unpaired) electrons. The van der Waals surface area contributed by atoms with Crippen LogP contribution in [0.2, 0.25) is 0 Å². The zero-order chi connectivity index (χ0) is 11.8. The van der Waals surface area contributed by atoms with E-state index in [9.17, 15) is 0 Å². The zero-order valence-corrected chi connectivity index (χ0v) is 10.1. The lowest BCUT2D eigenvalue weighted by molar-refractivity contribution is 0.447.